The first-order chi connectivity index (χ1) is 23.2. The summed E-state index contributed by atoms with van der Waals surface area (Å²) in [5.41, 5.74) is 29.4. The van der Waals surface area contributed by atoms with Crippen LogP contribution in [0.5, 0.6) is 0 Å². The van der Waals surface area contributed by atoms with Gasteiger partial charge in [0.05, 0.1) is 0 Å². The third kappa shape index (κ3) is 16.2. The molecule has 0 saturated carbocycles. The van der Waals surface area contributed by atoms with Crippen LogP contribution in [-0.2, 0) is 61.2 Å². The Labute approximate surface area is 376 Å². The summed E-state index contributed by atoms with van der Waals surface area (Å²) in [5, 5.41) is 0. The molecule has 2 aliphatic rings. The second-order valence-corrected chi connectivity index (χ2v) is 15.1. The molecule has 0 bridgehead atoms. The summed E-state index contributed by atoms with van der Waals surface area (Å²) in [7, 11) is 0. The van der Waals surface area contributed by atoms with E-state index in [1.807, 2.05) is 0 Å². The largest absolute Gasteiger partial charge is 3.00 e. The van der Waals surface area contributed by atoms with E-state index in [0.717, 1.165) is 26.4 Å². The van der Waals surface area contributed by atoms with Crippen LogP contribution in [0.25, 0.3) is 0 Å². The zero-order valence-corrected chi connectivity index (χ0v) is 41.2. The van der Waals surface area contributed by atoms with Gasteiger partial charge in [0.15, 0.2) is 0 Å². The molecule has 4 aromatic rings. The van der Waals surface area contributed by atoms with Crippen molar-refractivity contribution in [2.24, 2.45) is 0 Å². The fraction of sp³-hybridized carbons (Fsp3) is 0.583. The molecule has 0 atom stereocenters. The molecule has 0 amide bonds. The number of hydrogen-bond acceptors (Lipinski definition) is 2. The molecule has 2 nitrogen and oxygen atoms in total. The van der Waals surface area contributed by atoms with Gasteiger partial charge in [-0.2, -0.15) is 111 Å². The van der Waals surface area contributed by atoms with Crippen molar-refractivity contribution in [1.29, 1.82) is 0 Å². The van der Waals surface area contributed by atoms with Crippen molar-refractivity contribution in [2.45, 2.75) is 164 Å². The monoisotopic (exact) mass is 805 g/mol. The van der Waals surface area contributed by atoms with Gasteiger partial charge < -0.3 is 9.47 Å². The van der Waals surface area contributed by atoms with E-state index >= 15 is 0 Å². The Bertz CT molecular complexity index is 1080. The van der Waals surface area contributed by atoms with Gasteiger partial charge in [-0.15, -0.1) is 0 Å². The molecule has 2 fully saturated rings. The van der Waals surface area contributed by atoms with Crippen LogP contribution in [0.3, 0.4) is 0 Å². The molecule has 0 spiro atoms. The van der Waals surface area contributed by atoms with Gasteiger partial charge in [-0.05, 0) is 25.7 Å². The normalized spacial score (nSPS) is 12.2. The molecule has 300 valence electrons. The zero-order valence-electron chi connectivity index (χ0n) is 37.6. The molecular weight excluding hydrogens is 720 g/mol. The molecule has 0 aromatic heterocycles. The molecule has 2 heterocycles. The number of rotatable bonds is 0. The molecule has 4 aromatic carbocycles. The summed E-state index contributed by atoms with van der Waals surface area (Å²) in [6.07, 6.45) is 5.11. The first kappa shape index (κ1) is 59.9. The summed E-state index contributed by atoms with van der Waals surface area (Å²) in [5.74, 6) is 0. The van der Waals surface area contributed by atoms with Crippen molar-refractivity contribution in [3.63, 3.8) is 0 Å². The molecule has 0 N–H and O–H groups in total. The van der Waals surface area contributed by atoms with Gasteiger partial charge in [-0.3, -0.25) is 0 Å². The minimum Gasteiger partial charge on any atom is -0.381 e. The van der Waals surface area contributed by atoms with Crippen LogP contribution in [0.15, 0.2) is 0 Å². The van der Waals surface area contributed by atoms with E-state index in [1.54, 1.807) is 0 Å². The topological polar surface area (TPSA) is 18.5 Å². The first-order valence-corrected chi connectivity index (χ1v) is 19.2. The Balaban J connectivity index is -0.000000278. The van der Waals surface area contributed by atoms with Gasteiger partial charge in [0.2, 0.25) is 0 Å². The van der Waals surface area contributed by atoms with E-state index in [-0.39, 0.29) is 68.5 Å². The number of ether oxygens (including phenoxy) is 2. The Kier molecular flexibility index (Phi) is 31.7. The standard InChI is InChI=1S/4C10H15.2C4H8O.2BH4.2Sc/c4*1-6-7(2)9(4)10(5)8(6)3;2*1-2-4-5-3-1;;;;/h4*1-5H3;2*1-4H2;2*1H4;;/q4*-1;;;2*-1;2*+3. The minimum atomic E-state index is 0. The van der Waals surface area contributed by atoms with Crippen LogP contribution in [0, 0.1) is 138 Å². The van der Waals surface area contributed by atoms with E-state index in [1.165, 1.54) is 137 Å². The van der Waals surface area contributed by atoms with Crippen LogP contribution in [0.1, 0.15) is 137 Å². The van der Waals surface area contributed by atoms with E-state index in [9.17, 15) is 0 Å². The molecule has 0 radical (unpaired) electrons. The maximum Gasteiger partial charge on any atom is 3.00 e. The van der Waals surface area contributed by atoms with Gasteiger partial charge in [0.1, 0.15) is 0 Å². The van der Waals surface area contributed by atoms with E-state index < -0.39 is 0 Å². The van der Waals surface area contributed by atoms with Gasteiger partial charge in [0, 0.05) is 26.4 Å². The summed E-state index contributed by atoms with van der Waals surface area (Å²) < 4.78 is 9.89. The van der Waals surface area contributed by atoms with Crippen LogP contribution in [-0.4, -0.2) is 43.3 Å². The van der Waals surface area contributed by atoms with Crippen molar-refractivity contribution in [2.75, 3.05) is 26.4 Å². The van der Waals surface area contributed by atoms with Gasteiger partial charge in [-0.25, -0.2) is 0 Å². The van der Waals surface area contributed by atoms with E-state index in [2.05, 4.69) is 138 Å². The predicted octanol–water partition coefficient (Wildman–Crippen LogP) is 10.5. The van der Waals surface area contributed by atoms with Crippen LogP contribution < -0.4 is 0 Å². The third-order valence-electron chi connectivity index (χ3n) is 12.9. The van der Waals surface area contributed by atoms with E-state index in [4.69, 9.17) is 9.47 Å². The Hall–Kier alpha value is -0.810. The average Bonchev–Trinajstić information content (AvgIpc) is 3.99. The zero-order chi connectivity index (χ0) is 38.6. The Morgan fingerprint density at radius 3 is 0.426 bits per heavy atom. The third-order valence-corrected chi connectivity index (χ3v) is 12.9. The Morgan fingerprint density at radius 2 is 0.389 bits per heavy atom. The smallest absolute Gasteiger partial charge is 0.381 e. The quantitative estimate of drug-likeness (QED) is 0.130. The minimum absolute atomic E-state index is 0. The molecule has 6 heteroatoms. The van der Waals surface area contributed by atoms with Gasteiger partial charge in [-0.1, -0.05) is 155 Å². The maximum absolute atomic E-state index is 4.94. The molecule has 6 rings (SSSR count). The van der Waals surface area contributed by atoms with Crippen molar-refractivity contribution in [1.82, 2.24) is 0 Å². The summed E-state index contributed by atoms with van der Waals surface area (Å²) >= 11 is 0. The molecular formula is C48H84B2O2Sc2. The number of hydrogen-bond donors (Lipinski definition) is 0. The summed E-state index contributed by atoms with van der Waals surface area (Å²) in [6, 6.07) is 0. The molecule has 54 heavy (non-hydrogen) atoms. The van der Waals surface area contributed by atoms with Crippen molar-refractivity contribution in [3.05, 3.63) is 111 Å². The predicted molar refractivity (Wildman–Crippen MR) is 246 cm³/mol. The van der Waals surface area contributed by atoms with Gasteiger partial charge >= 0.3 is 51.7 Å². The molecule has 0 unspecified atom stereocenters. The molecule has 2 aliphatic heterocycles. The summed E-state index contributed by atoms with van der Waals surface area (Å²) in [6.45, 7) is 48.0. The fourth-order valence-electron chi connectivity index (χ4n) is 6.65. The average molecular weight is 805 g/mol. The van der Waals surface area contributed by atoms with Crippen molar-refractivity contribution < 1.29 is 61.2 Å². The SMILES string of the molecule is C1CCOC1.C1CCOC1.Cc1c(C)c(C)[c-](C)c1C.Cc1c(C)c(C)[c-](C)c1C.Cc1c(C)c(C)[c-](C)c1C.Cc1c(C)c(C)[c-](C)c1C.[BH4-].[BH4-].[Sc+3].[Sc+3]. The summed E-state index contributed by atoms with van der Waals surface area (Å²) in [4.78, 5) is 0. The van der Waals surface area contributed by atoms with Crippen LogP contribution in [0.2, 0.25) is 0 Å². The van der Waals surface area contributed by atoms with Crippen LogP contribution in [0.4, 0.5) is 0 Å². The van der Waals surface area contributed by atoms with Crippen molar-refractivity contribution in [3.8, 4) is 0 Å². The molecule has 2 saturated heterocycles. The van der Waals surface area contributed by atoms with Crippen molar-refractivity contribution >= 4 is 16.8 Å². The molecule has 0 aliphatic carbocycles. The maximum atomic E-state index is 4.94. The second-order valence-electron chi connectivity index (χ2n) is 15.1. The fourth-order valence-corrected chi connectivity index (χ4v) is 6.65. The van der Waals surface area contributed by atoms with E-state index in [0.29, 0.717) is 0 Å². The second kappa shape index (κ2) is 28.6. The first-order valence-electron chi connectivity index (χ1n) is 19.2. The van der Waals surface area contributed by atoms with Crippen LogP contribution >= 0.6 is 0 Å². The van der Waals surface area contributed by atoms with Gasteiger partial charge in [0.25, 0.3) is 0 Å². The Morgan fingerprint density at radius 1 is 0.278 bits per heavy atom.